The van der Waals surface area contributed by atoms with Gasteiger partial charge in [0.05, 0.1) is 5.69 Å². The molecule has 1 aromatic rings. The van der Waals surface area contributed by atoms with Gasteiger partial charge in [-0.2, -0.15) is 5.10 Å². The summed E-state index contributed by atoms with van der Waals surface area (Å²) in [5.74, 6) is 1.31. The molecule has 18 heavy (non-hydrogen) atoms. The van der Waals surface area contributed by atoms with Crippen LogP contribution in [0.15, 0.2) is 12.1 Å². The van der Waals surface area contributed by atoms with Crippen molar-refractivity contribution in [3.8, 4) is 0 Å². The van der Waals surface area contributed by atoms with Crippen molar-refractivity contribution in [1.82, 2.24) is 10.2 Å². The van der Waals surface area contributed by atoms with Crippen LogP contribution in [-0.2, 0) is 5.41 Å². The standard InChI is InChI=1S/C14H23N3O/c1-14(2,3)12-6-7-13(16-15-12)17-8-4-5-11(9-17)10-18/h6-7,11,18H,4-5,8-10H2,1-3H3. The van der Waals surface area contributed by atoms with E-state index < -0.39 is 0 Å². The number of aliphatic hydroxyl groups is 1. The van der Waals surface area contributed by atoms with Crippen LogP contribution in [0.1, 0.15) is 39.3 Å². The first-order chi connectivity index (χ1) is 8.50. The molecule has 0 aliphatic carbocycles. The number of piperidine rings is 1. The van der Waals surface area contributed by atoms with Crippen molar-refractivity contribution in [2.75, 3.05) is 24.6 Å². The van der Waals surface area contributed by atoms with Crippen molar-refractivity contribution >= 4 is 5.82 Å². The van der Waals surface area contributed by atoms with Gasteiger partial charge in [0.1, 0.15) is 0 Å². The van der Waals surface area contributed by atoms with E-state index in [0.717, 1.165) is 37.4 Å². The molecule has 0 spiro atoms. The van der Waals surface area contributed by atoms with Crippen molar-refractivity contribution in [2.45, 2.75) is 39.0 Å². The van der Waals surface area contributed by atoms with Crippen molar-refractivity contribution in [3.05, 3.63) is 17.8 Å². The van der Waals surface area contributed by atoms with E-state index in [-0.39, 0.29) is 12.0 Å². The highest BCUT2D eigenvalue weighted by atomic mass is 16.3. The quantitative estimate of drug-likeness (QED) is 0.870. The molecule has 1 fully saturated rings. The van der Waals surface area contributed by atoms with Crippen LogP contribution in [0.5, 0.6) is 0 Å². The lowest BCUT2D eigenvalue weighted by molar-refractivity contribution is 0.208. The molecule has 0 bridgehead atoms. The number of aromatic nitrogens is 2. The molecule has 2 heterocycles. The maximum absolute atomic E-state index is 9.24. The molecular weight excluding hydrogens is 226 g/mol. The SMILES string of the molecule is CC(C)(C)c1ccc(N2CCCC(CO)C2)nn1. The molecule has 1 aliphatic rings. The van der Waals surface area contributed by atoms with Gasteiger partial charge in [-0.05, 0) is 30.9 Å². The monoisotopic (exact) mass is 249 g/mol. The summed E-state index contributed by atoms with van der Waals surface area (Å²) in [6.45, 7) is 8.59. The first kappa shape index (κ1) is 13.3. The molecule has 1 unspecified atom stereocenters. The van der Waals surface area contributed by atoms with Crippen molar-refractivity contribution in [3.63, 3.8) is 0 Å². The molecule has 1 aliphatic heterocycles. The largest absolute Gasteiger partial charge is 0.396 e. The van der Waals surface area contributed by atoms with Gasteiger partial charge in [-0.1, -0.05) is 20.8 Å². The van der Waals surface area contributed by atoms with Crippen LogP contribution in [0, 0.1) is 5.92 Å². The molecule has 4 heteroatoms. The summed E-state index contributed by atoms with van der Waals surface area (Å²) in [7, 11) is 0. The fraction of sp³-hybridized carbons (Fsp3) is 0.714. The van der Waals surface area contributed by atoms with Crippen LogP contribution < -0.4 is 4.90 Å². The van der Waals surface area contributed by atoms with Gasteiger partial charge in [0.15, 0.2) is 5.82 Å². The highest BCUT2D eigenvalue weighted by molar-refractivity contribution is 5.38. The van der Waals surface area contributed by atoms with Gasteiger partial charge in [0.25, 0.3) is 0 Å². The summed E-state index contributed by atoms with van der Waals surface area (Å²) in [5.41, 5.74) is 1.06. The van der Waals surface area contributed by atoms with Crippen LogP contribution in [-0.4, -0.2) is 35.0 Å². The Kier molecular flexibility index (Phi) is 3.85. The Morgan fingerprint density at radius 1 is 1.33 bits per heavy atom. The Hall–Kier alpha value is -1.16. The molecule has 1 atom stereocenters. The van der Waals surface area contributed by atoms with Crippen LogP contribution in [0.3, 0.4) is 0 Å². The van der Waals surface area contributed by atoms with Crippen molar-refractivity contribution in [2.24, 2.45) is 5.92 Å². The Morgan fingerprint density at radius 2 is 2.11 bits per heavy atom. The second-order valence-corrected chi connectivity index (χ2v) is 6.16. The Bertz CT molecular complexity index is 383. The zero-order valence-electron chi connectivity index (χ0n) is 11.6. The number of hydrogen-bond donors (Lipinski definition) is 1. The summed E-state index contributed by atoms with van der Waals surface area (Å²) < 4.78 is 0. The molecule has 1 N–H and O–H groups in total. The summed E-state index contributed by atoms with van der Waals surface area (Å²) in [6.07, 6.45) is 2.23. The second-order valence-electron chi connectivity index (χ2n) is 6.16. The highest BCUT2D eigenvalue weighted by Crippen LogP contribution is 2.23. The van der Waals surface area contributed by atoms with Gasteiger partial charge in [-0.15, -0.1) is 5.10 Å². The molecule has 0 radical (unpaired) electrons. The molecule has 2 rings (SSSR count). The molecule has 1 saturated heterocycles. The summed E-state index contributed by atoms with van der Waals surface area (Å²) >= 11 is 0. The predicted molar refractivity (Wildman–Crippen MR) is 72.8 cm³/mol. The average Bonchev–Trinajstić information content (AvgIpc) is 2.38. The third-order valence-electron chi connectivity index (χ3n) is 3.52. The van der Waals surface area contributed by atoms with E-state index in [1.807, 2.05) is 6.07 Å². The van der Waals surface area contributed by atoms with Crippen LogP contribution in [0.4, 0.5) is 5.82 Å². The van der Waals surface area contributed by atoms with Crippen molar-refractivity contribution < 1.29 is 5.11 Å². The maximum Gasteiger partial charge on any atom is 0.151 e. The molecule has 1 aromatic heterocycles. The normalized spacial score (nSPS) is 21.1. The van der Waals surface area contributed by atoms with Crippen LogP contribution in [0.2, 0.25) is 0 Å². The molecule has 0 amide bonds. The van der Waals surface area contributed by atoms with E-state index in [1.54, 1.807) is 0 Å². The fourth-order valence-corrected chi connectivity index (χ4v) is 2.32. The third kappa shape index (κ3) is 2.99. The Labute approximate surface area is 109 Å². The number of anilines is 1. The number of rotatable bonds is 2. The minimum Gasteiger partial charge on any atom is -0.396 e. The number of aliphatic hydroxyl groups excluding tert-OH is 1. The van der Waals surface area contributed by atoms with E-state index in [4.69, 9.17) is 0 Å². The average molecular weight is 249 g/mol. The lowest BCUT2D eigenvalue weighted by Crippen LogP contribution is -2.37. The van der Waals surface area contributed by atoms with Crippen LogP contribution >= 0.6 is 0 Å². The van der Waals surface area contributed by atoms with Crippen LogP contribution in [0.25, 0.3) is 0 Å². The van der Waals surface area contributed by atoms with Gasteiger partial charge in [-0.3, -0.25) is 0 Å². The molecule has 0 aromatic carbocycles. The van der Waals surface area contributed by atoms with Gasteiger partial charge in [0, 0.05) is 25.1 Å². The van der Waals surface area contributed by atoms with Gasteiger partial charge in [-0.25, -0.2) is 0 Å². The molecule has 4 nitrogen and oxygen atoms in total. The van der Waals surface area contributed by atoms with Crippen molar-refractivity contribution in [1.29, 1.82) is 0 Å². The minimum absolute atomic E-state index is 0.0427. The summed E-state index contributed by atoms with van der Waals surface area (Å²) in [5, 5.41) is 17.9. The first-order valence-corrected chi connectivity index (χ1v) is 6.70. The van der Waals surface area contributed by atoms with E-state index in [9.17, 15) is 5.11 Å². The maximum atomic E-state index is 9.24. The first-order valence-electron chi connectivity index (χ1n) is 6.70. The van der Waals surface area contributed by atoms with Gasteiger partial charge >= 0.3 is 0 Å². The fourth-order valence-electron chi connectivity index (χ4n) is 2.32. The van der Waals surface area contributed by atoms with E-state index in [2.05, 4.69) is 41.9 Å². The lowest BCUT2D eigenvalue weighted by atomic mass is 9.92. The molecular formula is C14H23N3O. The summed E-state index contributed by atoms with van der Waals surface area (Å²) in [6, 6.07) is 4.11. The molecule has 0 saturated carbocycles. The van der Waals surface area contributed by atoms with E-state index >= 15 is 0 Å². The summed E-state index contributed by atoms with van der Waals surface area (Å²) in [4.78, 5) is 2.23. The second kappa shape index (κ2) is 5.22. The van der Waals surface area contributed by atoms with Gasteiger partial charge in [0.2, 0.25) is 0 Å². The van der Waals surface area contributed by atoms with E-state index in [0.29, 0.717) is 5.92 Å². The smallest absolute Gasteiger partial charge is 0.151 e. The van der Waals surface area contributed by atoms with E-state index in [1.165, 1.54) is 0 Å². The zero-order valence-corrected chi connectivity index (χ0v) is 11.6. The highest BCUT2D eigenvalue weighted by Gasteiger charge is 2.21. The Balaban J connectivity index is 2.09. The lowest BCUT2D eigenvalue weighted by Gasteiger charge is -2.32. The number of nitrogens with zero attached hydrogens (tertiary/aromatic N) is 3. The Morgan fingerprint density at radius 3 is 2.67 bits per heavy atom. The topological polar surface area (TPSA) is 49.2 Å². The molecule has 100 valence electrons. The third-order valence-corrected chi connectivity index (χ3v) is 3.52. The predicted octanol–water partition coefficient (Wildman–Crippen LogP) is 1.98. The minimum atomic E-state index is 0.0427. The number of hydrogen-bond acceptors (Lipinski definition) is 4. The zero-order chi connectivity index (χ0) is 13.2. The van der Waals surface area contributed by atoms with Gasteiger partial charge < -0.3 is 10.0 Å².